The zero-order chi connectivity index (χ0) is 15.5. The van der Waals surface area contributed by atoms with Crippen LogP contribution >= 0.6 is 0 Å². The third kappa shape index (κ3) is 3.32. The number of anilines is 1. The van der Waals surface area contributed by atoms with Crippen molar-refractivity contribution in [3.05, 3.63) is 29.8 Å². The molecule has 2 amide bonds. The maximum Gasteiger partial charge on any atom is 0.227 e. The van der Waals surface area contributed by atoms with Crippen LogP contribution in [-0.4, -0.2) is 24.4 Å². The van der Waals surface area contributed by atoms with Crippen molar-refractivity contribution in [1.29, 1.82) is 0 Å². The van der Waals surface area contributed by atoms with Crippen LogP contribution in [0.2, 0.25) is 0 Å². The van der Waals surface area contributed by atoms with Gasteiger partial charge in [-0.15, -0.1) is 0 Å². The van der Waals surface area contributed by atoms with E-state index in [0.29, 0.717) is 19.0 Å². The van der Waals surface area contributed by atoms with Gasteiger partial charge in [-0.1, -0.05) is 31.4 Å². The van der Waals surface area contributed by atoms with Gasteiger partial charge < -0.3 is 10.2 Å². The van der Waals surface area contributed by atoms with E-state index in [1.54, 1.807) is 4.90 Å². The van der Waals surface area contributed by atoms with Crippen molar-refractivity contribution >= 4 is 17.5 Å². The molecule has 2 fully saturated rings. The molecule has 0 unspecified atom stereocenters. The molecule has 4 nitrogen and oxygen atoms in total. The monoisotopic (exact) mass is 300 g/mol. The van der Waals surface area contributed by atoms with Crippen LogP contribution in [0.4, 0.5) is 5.69 Å². The van der Waals surface area contributed by atoms with Crippen LogP contribution in [0.25, 0.3) is 0 Å². The van der Waals surface area contributed by atoms with E-state index in [1.807, 2.05) is 31.2 Å². The van der Waals surface area contributed by atoms with Crippen molar-refractivity contribution < 1.29 is 9.59 Å². The van der Waals surface area contributed by atoms with Gasteiger partial charge in [0, 0.05) is 24.7 Å². The maximum absolute atomic E-state index is 12.4. The molecule has 0 bridgehead atoms. The molecule has 0 spiro atoms. The van der Waals surface area contributed by atoms with Gasteiger partial charge in [0.1, 0.15) is 0 Å². The first-order valence-corrected chi connectivity index (χ1v) is 8.31. The molecule has 118 valence electrons. The predicted octanol–water partition coefficient (Wildman–Crippen LogP) is 2.80. The third-order valence-electron chi connectivity index (χ3n) is 4.76. The number of carbonyl (C=O) groups excluding carboxylic acids is 2. The van der Waals surface area contributed by atoms with Gasteiger partial charge >= 0.3 is 0 Å². The molecule has 1 aromatic carbocycles. The van der Waals surface area contributed by atoms with Crippen molar-refractivity contribution in [2.45, 2.75) is 51.5 Å². The largest absolute Gasteiger partial charge is 0.353 e. The van der Waals surface area contributed by atoms with E-state index in [4.69, 9.17) is 0 Å². The Morgan fingerprint density at radius 2 is 2.00 bits per heavy atom. The SMILES string of the molecule is Cc1cccc(N2C[C@H](C(=O)NC3CCCCC3)CC2=O)c1. The number of rotatable bonds is 3. The highest BCUT2D eigenvalue weighted by molar-refractivity contribution is 6.00. The van der Waals surface area contributed by atoms with Gasteiger partial charge in [-0.2, -0.15) is 0 Å². The number of aryl methyl sites for hydroxylation is 1. The first-order chi connectivity index (χ1) is 10.6. The third-order valence-corrected chi connectivity index (χ3v) is 4.76. The standard InChI is InChI=1S/C18H24N2O2/c1-13-6-5-9-16(10-13)20-12-14(11-17(20)21)18(22)19-15-7-3-2-4-8-15/h5-6,9-10,14-15H,2-4,7-8,11-12H2,1H3,(H,19,22)/t14-/m1/s1. The second-order valence-corrected chi connectivity index (χ2v) is 6.59. The van der Waals surface area contributed by atoms with Crippen LogP contribution in [-0.2, 0) is 9.59 Å². The Bertz CT molecular complexity index is 564. The smallest absolute Gasteiger partial charge is 0.227 e. The van der Waals surface area contributed by atoms with Crippen LogP contribution in [0.5, 0.6) is 0 Å². The first kappa shape index (κ1) is 15.1. The van der Waals surface area contributed by atoms with Crippen LogP contribution in [0.15, 0.2) is 24.3 Å². The Morgan fingerprint density at radius 1 is 1.23 bits per heavy atom. The molecule has 4 heteroatoms. The number of nitrogens with one attached hydrogen (secondary N) is 1. The summed E-state index contributed by atoms with van der Waals surface area (Å²) in [5.41, 5.74) is 2.03. The van der Waals surface area contributed by atoms with Crippen LogP contribution in [0.3, 0.4) is 0 Å². The fourth-order valence-corrected chi connectivity index (χ4v) is 3.49. The fourth-order valence-electron chi connectivity index (χ4n) is 3.49. The highest BCUT2D eigenvalue weighted by atomic mass is 16.2. The summed E-state index contributed by atoms with van der Waals surface area (Å²) >= 11 is 0. The molecule has 22 heavy (non-hydrogen) atoms. The second kappa shape index (κ2) is 6.51. The van der Waals surface area contributed by atoms with E-state index in [0.717, 1.165) is 24.1 Å². The van der Waals surface area contributed by atoms with Gasteiger partial charge in [0.2, 0.25) is 11.8 Å². The minimum absolute atomic E-state index is 0.0504. The molecule has 0 aromatic heterocycles. The predicted molar refractivity (Wildman–Crippen MR) is 86.7 cm³/mol. The quantitative estimate of drug-likeness (QED) is 0.933. The Kier molecular flexibility index (Phi) is 4.46. The summed E-state index contributed by atoms with van der Waals surface area (Å²) in [6.45, 7) is 2.51. The summed E-state index contributed by atoms with van der Waals surface area (Å²) in [5, 5.41) is 3.15. The van der Waals surface area contributed by atoms with E-state index in [9.17, 15) is 9.59 Å². The van der Waals surface area contributed by atoms with Gasteiger partial charge in [-0.3, -0.25) is 9.59 Å². The molecule has 1 aliphatic carbocycles. The lowest BCUT2D eigenvalue weighted by Gasteiger charge is -2.24. The van der Waals surface area contributed by atoms with Gasteiger partial charge in [0.05, 0.1) is 5.92 Å². The van der Waals surface area contributed by atoms with Gasteiger partial charge in [-0.05, 0) is 37.5 Å². The van der Waals surface area contributed by atoms with Crippen LogP contribution in [0, 0.1) is 12.8 Å². The van der Waals surface area contributed by atoms with Crippen molar-refractivity contribution in [1.82, 2.24) is 5.32 Å². The van der Waals surface area contributed by atoms with Crippen molar-refractivity contribution in [2.24, 2.45) is 5.92 Å². The molecule has 3 rings (SSSR count). The molecule has 0 radical (unpaired) electrons. The molecule has 1 aromatic rings. The lowest BCUT2D eigenvalue weighted by Crippen LogP contribution is -2.40. The second-order valence-electron chi connectivity index (χ2n) is 6.59. The minimum atomic E-state index is -0.213. The number of carbonyl (C=O) groups is 2. The summed E-state index contributed by atoms with van der Waals surface area (Å²) in [5.74, 6) is -0.111. The summed E-state index contributed by atoms with van der Waals surface area (Å²) in [6, 6.07) is 8.21. The maximum atomic E-state index is 12.4. The molecule has 1 atom stereocenters. The average Bonchev–Trinajstić information content (AvgIpc) is 2.90. The van der Waals surface area contributed by atoms with Crippen LogP contribution in [0.1, 0.15) is 44.1 Å². The van der Waals surface area contributed by atoms with E-state index < -0.39 is 0 Å². The van der Waals surface area contributed by atoms with Crippen molar-refractivity contribution in [2.75, 3.05) is 11.4 Å². The summed E-state index contributed by atoms with van der Waals surface area (Å²) < 4.78 is 0. The van der Waals surface area contributed by atoms with E-state index in [-0.39, 0.29) is 17.7 Å². The molecule has 1 heterocycles. The summed E-state index contributed by atoms with van der Waals surface area (Å²) in [7, 11) is 0. The van der Waals surface area contributed by atoms with E-state index in [1.165, 1.54) is 19.3 Å². The summed E-state index contributed by atoms with van der Waals surface area (Å²) in [6.07, 6.45) is 6.15. The molecule has 1 N–H and O–H groups in total. The van der Waals surface area contributed by atoms with E-state index >= 15 is 0 Å². The zero-order valence-corrected chi connectivity index (χ0v) is 13.2. The highest BCUT2D eigenvalue weighted by Crippen LogP contribution is 2.26. The lowest BCUT2D eigenvalue weighted by atomic mass is 9.95. The number of hydrogen-bond acceptors (Lipinski definition) is 2. The van der Waals surface area contributed by atoms with E-state index in [2.05, 4.69) is 5.32 Å². The molecular weight excluding hydrogens is 276 g/mol. The molecule has 1 aliphatic heterocycles. The molecule has 1 saturated heterocycles. The van der Waals surface area contributed by atoms with Crippen molar-refractivity contribution in [3.63, 3.8) is 0 Å². The lowest BCUT2D eigenvalue weighted by molar-refractivity contribution is -0.127. The number of hydrogen-bond donors (Lipinski definition) is 1. The highest BCUT2D eigenvalue weighted by Gasteiger charge is 2.35. The fraction of sp³-hybridized carbons (Fsp3) is 0.556. The van der Waals surface area contributed by atoms with Gasteiger partial charge in [0.25, 0.3) is 0 Å². The molecule has 2 aliphatic rings. The van der Waals surface area contributed by atoms with Crippen molar-refractivity contribution in [3.8, 4) is 0 Å². The van der Waals surface area contributed by atoms with Gasteiger partial charge in [-0.25, -0.2) is 0 Å². The Morgan fingerprint density at radius 3 is 2.73 bits per heavy atom. The Hall–Kier alpha value is -1.84. The average molecular weight is 300 g/mol. The zero-order valence-electron chi connectivity index (χ0n) is 13.2. The number of amides is 2. The topological polar surface area (TPSA) is 49.4 Å². The normalized spacial score (nSPS) is 22.9. The molecule has 1 saturated carbocycles. The number of nitrogens with zero attached hydrogens (tertiary/aromatic N) is 1. The van der Waals surface area contributed by atoms with Crippen LogP contribution < -0.4 is 10.2 Å². The first-order valence-electron chi connectivity index (χ1n) is 8.31. The minimum Gasteiger partial charge on any atom is -0.353 e. The Labute approximate surface area is 131 Å². The van der Waals surface area contributed by atoms with Gasteiger partial charge in [0.15, 0.2) is 0 Å². The number of benzene rings is 1. The summed E-state index contributed by atoms with van der Waals surface area (Å²) in [4.78, 5) is 26.4. The molecular formula is C18H24N2O2. The Balaban J connectivity index is 1.62.